The number of carbonyl (C=O) groups excluding carboxylic acids is 1. The van der Waals surface area contributed by atoms with Gasteiger partial charge < -0.3 is 10.6 Å². The third-order valence-corrected chi connectivity index (χ3v) is 4.53. The molecule has 0 aromatic heterocycles. The van der Waals surface area contributed by atoms with E-state index in [4.69, 9.17) is 0 Å². The van der Waals surface area contributed by atoms with Crippen molar-refractivity contribution in [1.82, 2.24) is 5.32 Å². The Hall–Kier alpha value is -0.920. The highest BCUT2D eigenvalue weighted by Gasteiger charge is 2.27. The van der Waals surface area contributed by atoms with Crippen molar-refractivity contribution in [1.29, 1.82) is 0 Å². The number of para-hydroxylation sites is 1. The lowest BCUT2D eigenvalue weighted by Crippen LogP contribution is -2.40. The second-order valence-corrected chi connectivity index (χ2v) is 6.40. The maximum absolute atomic E-state index is 12.3. The van der Waals surface area contributed by atoms with Crippen LogP contribution in [-0.4, -0.2) is 36.2 Å². The first-order chi connectivity index (χ1) is 10.4. The van der Waals surface area contributed by atoms with E-state index < -0.39 is 12.6 Å². The van der Waals surface area contributed by atoms with Crippen molar-refractivity contribution in [2.45, 2.75) is 31.5 Å². The van der Waals surface area contributed by atoms with Crippen molar-refractivity contribution in [3.63, 3.8) is 0 Å². The smallest absolute Gasteiger partial charge is 0.326 e. The van der Waals surface area contributed by atoms with Crippen molar-refractivity contribution in [2.24, 2.45) is 0 Å². The van der Waals surface area contributed by atoms with Gasteiger partial charge in [0, 0.05) is 42.6 Å². The summed E-state index contributed by atoms with van der Waals surface area (Å²) in [5.74, 6) is 1.75. The molecule has 1 aliphatic rings. The average molecular weight is 369 g/mol. The van der Waals surface area contributed by atoms with E-state index in [9.17, 15) is 18.0 Å². The van der Waals surface area contributed by atoms with Gasteiger partial charge >= 0.3 is 6.18 Å². The molecule has 1 amide bonds. The number of aryl methyl sites for hydroxylation is 1. The molecule has 3 nitrogen and oxygen atoms in total. The van der Waals surface area contributed by atoms with Gasteiger partial charge in [0.25, 0.3) is 0 Å². The van der Waals surface area contributed by atoms with Crippen LogP contribution < -0.4 is 10.6 Å². The van der Waals surface area contributed by atoms with Crippen LogP contribution >= 0.6 is 24.2 Å². The number of nitrogens with one attached hydrogen (secondary N) is 2. The number of hydrogen-bond acceptors (Lipinski definition) is 3. The van der Waals surface area contributed by atoms with Crippen LogP contribution in [-0.2, 0) is 11.2 Å². The van der Waals surface area contributed by atoms with Gasteiger partial charge in [-0.3, -0.25) is 4.79 Å². The number of halogens is 4. The van der Waals surface area contributed by atoms with E-state index in [1.54, 1.807) is 36.0 Å². The lowest BCUT2D eigenvalue weighted by atomic mass is 10.1. The van der Waals surface area contributed by atoms with Gasteiger partial charge in [0.1, 0.15) is 0 Å². The quantitative estimate of drug-likeness (QED) is 0.833. The van der Waals surface area contributed by atoms with Gasteiger partial charge in [0.2, 0.25) is 5.91 Å². The van der Waals surface area contributed by atoms with Gasteiger partial charge in [0.05, 0.1) is 0 Å². The summed E-state index contributed by atoms with van der Waals surface area (Å²) in [4.78, 5) is 12.1. The summed E-state index contributed by atoms with van der Waals surface area (Å²) in [6.07, 6.45) is -4.88. The fourth-order valence-electron chi connectivity index (χ4n) is 2.31. The molecule has 1 unspecified atom stereocenters. The van der Waals surface area contributed by atoms with Crippen LogP contribution in [0.1, 0.15) is 18.4 Å². The zero-order valence-electron chi connectivity index (χ0n) is 12.5. The second-order valence-electron chi connectivity index (χ2n) is 5.25. The summed E-state index contributed by atoms with van der Waals surface area (Å²) in [5, 5.41) is 6.00. The summed E-state index contributed by atoms with van der Waals surface area (Å²) in [6, 6.07) is 6.78. The van der Waals surface area contributed by atoms with E-state index in [0.717, 1.165) is 18.1 Å². The van der Waals surface area contributed by atoms with Crippen molar-refractivity contribution in [3.05, 3.63) is 29.8 Å². The Bertz CT molecular complexity index is 508. The fourth-order valence-corrected chi connectivity index (χ4v) is 3.26. The van der Waals surface area contributed by atoms with E-state index in [1.165, 1.54) is 0 Å². The molecule has 23 heavy (non-hydrogen) atoms. The molecule has 1 heterocycles. The number of hydrogen-bond donors (Lipinski definition) is 2. The normalized spacial score (nSPS) is 18.1. The number of anilines is 1. The first-order valence-corrected chi connectivity index (χ1v) is 8.35. The molecule has 0 radical (unpaired) electrons. The van der Waals surface area contributed by atoms with Gasteiger partial charge in [-0.05, 0) is 18.1 Å². The van der Waals surface area contributed by atoms with Crippen LogP contribution in [0.2, 0.25) is 0 Å². The Morgan fingerprint density at radius 2 is 2.09 bits per heavy atom. The minimum Gasteiger partial charge on any atom is -0.326 e. The fraction of sp³-hybridized carbons (Fsp3) is 0.533. The lowest BCUT2D eigenvalue weighted by molar-refractivity contribution is -0.133. The number of amides is 1. The first kappa shape index (κ1) is 20.1. The van der Waals surface area contributed by atoms with Crippen LogP contribution in [0, 0.1) is 0 Å². The van der Waals surface area contributed by atoms with Crippen molar-refractivity contribution in [2.75, 3.05) is 23.4 Å². The molecular formula is C15H20ClF3N2OS. The molecule has 2 N–H and O–H groups in total. The summed E-state index contributed by atoms with van der Waals surface area (Å²) < 4.78 is 37.0. The van der Waals surface area contributed by atoms with E-state index in [-0.39, 0.29) is 30.8 Å². The Morgan fingerprint density at radius 3 is 2.74 bits per heavy atom. The Morgan fingerprint density at radius 1 is 1.35 bits per heavy atom. The van der Waals surface area contributed by atoms with Gasteiger partial charge in [0.15, 0.2) is 0 Å². The Kier molecular flexibility index (Phi) is 8.22. The number of rotatable bonds is 5. The Balaban J connectivity index is 0.00000264. The zero-order chi connectivity index (χ0) is 16.0. The van der Waals surface area contributed by atoms with Crippen LogP contribution in [0.3, 0.4) is 0 Å². The van der Waals surface area contributed by atoms with Crippen LogP contribution in [0.25, 0.3) is 0 Å². The number of thioether (sulfide) groups is 1. The van der Waals surface area contributed by atoms with E-state index in [0.29, 0.717) is 17.7 Å². The predicted molar refractivity (Wildman–Crippen MR) is 90.4 cm³/mol. The zero-order valence-corrected chi connectivity index (χ0v) is 14.1. The molecule has 130 valence electrons. The first-order valence-electron chi connectivity index (χ1n) is 7.20. The molecule has 0 aliphatic carbocycles. The topological polar surface area (TPSA) is 41.1 Å². The largest absolute Gasteiger partial charge is 0.389 e. The van der Waals surface area contributed by atoms with E-state index >= 15 is 0 Å². The summed E-state index contributed by atoms with van der Waals surface area (Å²) in [6.45, 7) is 0.880. The molecule has 0 bridgehead atoms. The highest BCUT2D eigenvalue weighted by molar-refractivity contribution is 7.99. The molecule has 0 spiro atoms. The number of alkyl halides is 3. The van der Waals surface area contributed by atoms with Crippen LogP contribution in [0.5, 0.6) is 0 Å². The maximum Gasteiger partial charge on any atom is 0.389 e. The predicted octanol–water partition coefficient (Wildman–Crippen LogP) is 3.64. The summed E-state index contributed by atoms with van der Waals surface area (Å²) >= 11 is 1.80. The third-order valence-electron chi connectivity index (χ3n) is 3.40. The molecule has 1 aliphatic heterocycles. The number of benzene rings is 1. The van der Waals surface area contributed by atoms with Crippen LogP contribution in [0.4, 0.5) is 18.9 Å². The van der Waals surface area contributed by atoms with Crippen molar-refractivity contribution < 1.29 is 18.0 Å². The molecule has 8 heteroatoms. The van der Waals surface area contributed by atoms with Gasteiger partial charge in [-0.1, -0.05) is 18.2 Å². The molecule has 1 saturated heterocycles. The van der Waals surface area contributed by atoms with Crippen molar-refractivity contribution in [3.8, 4) is 0 Å². The average Bonchev–Trinajstić information content (AvgIpc) is 2.46. The standard InChI is InChI=1S/C15H19F3N2OS.ClH/c16-15(17,18)6-5-11-3-1-2-4-13(11)20-14(21)9-12-10-22-8-7-19-12;/h1-4,12,19H,5-10H2,(H,20,21);1H. The Labute approximate surface area is 144 Å². The molecular weight excluding hydrogens is 349 g/mol. The monoisotopic (exact) mass is 368 g/mol. The van der Waals surface area contributed by atoms with Gasteiger partial charge in [-0.2, -0.15) is 24.9 Å². The van der Waals surface area contributed by atoms with Gasteiger partial charge in [-0.15, -0.1) is 12.4 Å². The minimum absolute atomic E-state index is 0. The third kappa shape index (κ3) is 7.46. The molecule has 1 aromatic carbocycles. The molecule has 1 atom stereocenters. The van der Waals surface area contributed by atoms with Crippen molar-refractivity contribution >= 4 is 35.8 Å². The molecule has 1 aromatic rings. The van der Waals surface area contributed by atoms with Gasteiger partial charge in [-0.25, -0.2) is 0 Å². The minimum atomic E-state index is -4.19. The maximum atomic E-state index is 12.3. The molecule has 2 rings (SSSR count). The second kappa shape index (κ2) is 9.39. The lowest BCUT2D eigenvalue weighted by Gasteiger charge is -2.22. The highest BCUT2D eigenvalue weighted by atomic mass is 35.5. The van der Waals surface area contributed by atoms with Crippen LogP contribution in [0.15, 0.2) is 24.3 Å². The highest BCUT2D eigenvalue weighted by Crippen LogP contribution is 2.25. The number of carbonyl (C=O) groups is 1. The molecule has 0 saturated carbocycles. The van der Waals surface area contributed by atoms with E-state index in [1.807, 2.05) is 0 Å². The summed E-state index contributed by atoms with van der Waals surface area (Å²) in [5.41, 5.74) is 0.986. The van der Waals surface area contributed by atoms with E-state index in [2.05, 4.69) is 10.6 Å². The summed E-state index contributed by atoms with van der Waals surface area (Å²) in [7, 11) is 0. The SMILES string of the molecule is Cl.O=C(CC1CSCCN1)Nc1ccccc1CCC(F)(F)F. The molecule has 1 fully saturated rings.